The van der Waals surface area contributed by atoms with Gasteiger partial charge in [-0.15, -0.1) is 0 Å². The highest BCUT2D eigenvalue weighted by Crippen LogP contribution is 2.61. The number of carboxylic acids is 1. The van der Waals surface area contributed by atoms with Crippen molar-refractivity contribution in [2.75, 3.05) is 5.32 Å². The first-order chi connectivity index (χ1) is 12.2. The minimum absolute atomic E-state index is 0.317. The van der Waals surface area contributed by atoms with E-state index in [1.165, 1.54) is 6.42 Å². The second kappa shape index (κ2) is 5.81. The first-order valence-electron chi connectivity index (χ1n) is 9.47. The van der Waals surface area contributed by atoms with Gasteiger partial charge < -0.3 is 10.4 Å². The number of halogens is 1. The Morgan fingerprint density at radius 3 is 2.58 bits per heavy atom. The molecule has 4 aliphatic rings. The molecule has 142 valence electrons. The molecule has 0 unspecified atom stereocenters. The van der Waals surface area contributed by atoms with Gasteiger partial charge in [0, 0.05) is 6.04 Å². The zero-order valence-corrected chi connectivity index (χ0v) is 17.0. The topological polar surface area (TPSA) is 84.2 Å². The minimum Gasteiger partial charge on any atom is -0.479 e. The van der Waals surface area contributed by atoms with Gasteiger partial charge in [-0.2, -0.15) is 5.10 Å². The van der Waals surface area contributed by atoms with Crippen molar-refractivity contribution < 1.29 is 9.90 Å². The molecule has 0 aliphatic heterocycles. The monoisotopic (exact) mass is 423 g/mol. The van der Waals surface area contributed by atoms with Crippen LogP contribution in [0.25, 0.3) is 0 Å². The quantitative estimate of drug-likeness (QED) is 0.774. The summed E-state index contributed by atoms with van der Waals surface area (Å²) in [5.41, 5.74) is -0.468. The van der Waals surface area contributed by atoms with E-state index in [2.05, 4.69) is 47.1 Å². The fraction of sp³-hybridized carbons (Fsp3) is 0.737. The Morgan fingerprint density at radius 2 is 2.08 bits per heavy atom. The second-order valence-electron chi connectivity index (χ2n) is 8.99. The Labute approximate surface area is 161 Å². The maximum absolute atomic E-state index is 12.8. The molecule has 1 heterocycles. The van der Waals surface area contributed by atoms with Gasteiger partial charge in [0.25, 0.3) is 5.56 Å². The van der Waals surface area contributed by atoms with E-state index in [-0.39, 0.29) is 5.56 Å². The second-order valence-corrected chi connectivity index (χ2v) is 9.78. The predicted molar refractivity (Wildman–Crippen MR) is 102 cm³/mol. The Bertz CT molecular complexity index is 815. The number of fused-ring (bicyclic) bond motifs is 2. The fourth-order valence-electron chi connectivity index (χ4n) is 5.41. The molecule has 4 atom stereocenters. The molecule has 0 spiro atoms. The summed E-state index contributed by atoms with van der Waals surface area (Å²) in [4.78, 5) is 24.5. The highest BCUT2D eigenvalue weighted by atomic mass is 79.9. The van der Waals surface area contributed by atoms with E-state index in [1.807, 2.05) is 0 Å². The summed E-state index contributed by atoms with van der Waals surface area (Å²) in [6, 6.07) is 0.317. The van der Waals surface area contributed by atoms with Crippen molar-refractivity contribution in [2.24, 2.45) is 23.2 Å². The van der Waals surface area contributed by atoms with Crippen molar-refractivity contribution in [3.8, 4) is 0 Å². The van der Waals surface area contributed by atoms with Gasteiger partial charge in [0.1, 0.15) is 4.47 Å². The molecule has 5 rings (SSSR count). The Morgan fingerprint density at radius 1 is 1.38 bits per heavy atom. The van der Waals surface area contributed by atoms with E-state index in [0.717, 1.165) is 23.4 Å². The SMILES string of the molecule is C[C@H]1[C@H](Nc2cnn(C3(C(=O)O)CCC3)c(=O)c2Br)C[C@H]2C[C@@H]1C2(C)C. The standard InChI is InChI=1S/C19H26BrN3O3/c1-10-12-7-11(18(12,2)3)8-13(10)22-14-9-21-23(16(24)15(14)20)19(17(25)26)5-4-6-19/h9-13,22H,4-8H2,1-3H3,(H,25,26)/t10-,11-,12+,13-/m1/s1. The number of rotatable bonds is 4. The molecule has 4 saturated carbocycles. The Balaban J connectivity index is 1.59. The Hall–Kier alpha value is -1.37. The predicted octanol–water partition coefficient (Wildman–Crippen LogP) is 3.45. The van der Waals surface area contributed by atoms with Crippen LogP contribution in [0.2, 0.25) is 0 Å². The summed E-state index contributed by atoms with van der Waals surface area (Å²) >= 11 is 3.39. The van der Waals surface area contributed by atoms with Crippen LogP contribution in [0.3, 0.4) is 0 Å². The van der Waals surface area contributed by atoms with Crippen molar-refractivity contribution in [2.45, 2.75) is 64.5 Å². The van der Waals surface area contributed by atoms with Gasteiger partial charge in [-0.3, -0.25) is 4.79 Å². The van der Waals surface area contributed by atoms with Crippen LogP contribution < -0.4 is 10.9 Å². The zero-order chi connectivity index (χ0) is 18.9. The lowest BCUT2D eigenvalue weighted by atomic mass is 9.45. The van der Waals surface area contributed by atoms with Crippen LogP contribution in [-0.4, -0.2) is 26.9 Å². The molecule has 4 fully saturated rings. The van der Waals surface area contributed by atoms with Crippen molar-refractivity contribution in [3.63, 3.8) is 0 Å². The summed E-state index contributed by atoms with van der Waals surface area (Å²) in [6.45, 7) is 7.01. The lowest BCUT2D eigenvalue weighted by Gasteiger charge is -2.62. The van der Waals surface area contributed by atoms with Crippen LogP contribution in [0.4, 0.5) is 5.69 Å². The maximum atomic E-state index is 12.8. The van der Waals surface area contributed by atoms with Crippen LogP contribution >= 0.6 is 15.9 Å². The van der Waals surface area contributed by atoms with E-state index >= 15 is 0 Å². The molecule has 0 amide bonds. The summed E-state index contributed by atoms with van der Waals surface area (Å²) in [5, 5.41) is 17.3. The highest BCUT2D eigenvalue weighted by Gasteiger charge is 2.56. The number of carboxylic acid groups (broad SMARTS) is 1. The normalized spacial score (nSPS) is 33.7. The lowest BCUT2D eigenvalue weighted by Crippen LogP contribution is -2.58. The molecule has 1 aromatic rings. The summed E-state index contributed by atoms with van der Waals surface area (Å²) in [6.07, 6.45) is 5.70. The summed E-state index contributed by atoms with van der Waals surface area (Å²) in [5.74, 6) is 0.977. The molecular formula is C19H26BrN3O3. The number of nitrogens with zero attached hydrogens (tertiary/aromatic N) is 2. The molecule has 2 N–H and O–H groups in total. The highest BCUT2D eigenvalue weighted by molar-refractivity contribution is 9.10. The minimum atomic E-state index is -1.18. The van der Waals surface area contributed by atoms with Crippen LogP contribution in [0.1, 0.15) is 52.9 Å². The fourth-order valence-corrected chi connectivity index (χ4v) is 5.79. The van der Waals surface area contributed by atoms with Gasteiger partial charge in [-0.1, -0.05) is 20.8 Å². The average Bonchev–Trinajstić information content (AvgIpc) is 2.53. The van der Waals surface area contributed by atoms with Gasteiger partial charge in [0.15, 0.2) is 5.54 Å². The van der Waals surface area contributed by atoms with E-state index in [0.29, 0.717) is 46.3 Å². The van der Waals surface area contributed by atoms with Gasteiger partial charge in [-0.05, 0) is 71.2 Å². The van der Waals surface area contributed by atoms with Gasteiger partial charge in [0.05, 0.1) is 11.9 Å². The number of carbonyl (C=O) groups is 1. The first-order valence-corrected chi connectivity index (χ1v) is 10.3. The molecule has 4 aliphatic carbocycles. The van der Waals surface area contributed by atoms with Gasteiger partial charge in [-0.25, -0.2) is 9.48 Å². The number of hydrogen-bond acceptors (Lipinski definition) is 4. The Kier molecular flexibility index (Phi) is 4.03. The van der Waals surface area contributed by atoms with Crippen LogP contribution in [0, 0.1) is 23.2 Å². The number of aromatic nitrogens is 2. The third-order valence-electron chi connectivity index (χ3n) is 7.60. The third-order valence-corrected chi connectivity index (χ3v) is 8.36. The molecule has 0 saturated heterocycles. The molecule has 6 nitrogen and oxygen atoms in total. The number of nitrogens with one attached hydrogen (secondary N) is 1. The molecule has 1 aromatic heterocycles. The molecule has 0 radical (unpaired) electrons. The molecule has 26 heavy (non-hydrogen) atoms. The van der Waals surface area contributed by atoms with E-state index in [4.69, 9.17) is 0 Å². The lowest BCUT2D eigenvalue weighted by molar-refractivity contribution is -0.153. The van der Waals surface area contributed by atoms with Crippen molar-refractivity contribution in [1.82, 2.24) is 9.78 Å². The summed E-state index contributed by atoms with van der Waals surface area (Å²) in [7, 11) is 0. The van der Waals surface area contributed by atoms with E-state index in [9.17, 15) is 14.7 Å². The van der Waals surface area contributed by atoms with Crippen LogP contribution in [-0.2, 0) is 10.3 Å². The first kappa shape index (κ1) is 18.0. The smallest absolute Gasteiger partial charge is 0.331 e. The number of hydrogen-bond donors (Lipinski definition) is 2. The molecule has 0 aromatic carbocycles. The van der Waals surface area contributed by atoms with Crippen LogP contribution in [0.15, 0.2) is 15.5 Å². The molecular weight excluding hydrogens is 398 g/mol. The third kappa shape index (κ3) is 2.31. The number of aliphatic carboxylic acids is 1. The van der Waals surface area contributed by atoms with Crippen molar-refractivity contribution >= 4 is 27.6 Å². The van der Waals surface area contributed by atoms with Crippen molar-refractivity contribution in [3.05, 3.63) is 21.0 Å². The van der Waals surface area contributed by atoms with Crippen LogP contribution in [0.5, 0.6) is 0 Å². The molecule has 7 heteroatoms. The van der Waals surface area contributed by atoms with Crippen molar-refractivity contribution in [1.29, 1.82) is 0 Å². The summed E-state index contributed by atoms with van der Waals surface area (Å²) < 4.78 is 1.53. The van der Waals surface area contributed by atoms with E-state index < -0.39 is 11.5 Å². The van der Waals surface area contributed by atoms with Gasteiger partial charge in [0.2, 0.25) is 0 Å². The number of anilines is 1. The maximum Gasteiger partial charge on any atom is 0.331 e. The van der Waals surface area contributed by atoms with E-state index in [1.54, 1.807) is 6.20 Å². The largest absolute Gasteiger partial charge is 0.479 e. The molecule has 2 bridgehead atoms. The average molecular weight is 424 g/mol. The zero-order valence-electron chi connectivity index (χ0n) is 15.5. The van der Waals surface area contributed by atoms with Gasteiger partial charge >= 0.3 is 5.97 Å².